The van der Waals surface area contributed by atoms with Gasteiger partial charge in [-0.1, -0.05) is 19.3 Å². The van der Waals surface area contributed by atoms with Crippen molar-refractivity contribution in [3.8, 4) is 0 Å². The van der Waals surface area contributed by atoms with E-state index in [1.807, 2.05) is 0 Å². The van der Waals surface area contributed by atoms with Crippen LogP contribution in [0.1, 0.15) is 42.5 Å². The Kier molecular flexibility index (Phi) is 4.15. The Morgan fingerprint density at radius 2 is 2.11 bits per heavy atom. The average molecular weight is 249 g/mol. The standard InChI is InChI=1S/C13H19N3O2/c14-13(18)9-6-7-12(15-8-9)16-10-4-2-1-3-5-11(10)17/h6-8,10-11,17H,1-5H2,(H2,14,18)(H,15,16). The maximum Gasteiger partial charge on any atom is 0.250 e. The molecule has 1 aromatic heterocycles. The summed E-state index contributed by atoms with van der Waals surface area (Å²) < 4.78 is 0. The van der Waals surface area contributed by atoms with Gasteiger partial charge in [0.1, 0.15) is 5.82 Å². The third kappa shape index (κ3) is 3.20. The van der Waals surface area contributed by atoms with Gasteiger partial charge in [0, 0.05) is 6.20 Å². The number of carbonyl (C=O) groups is 1. The highest BCUT2D eigenvalue weighted by Gasteiger charge is 2.21. The molecular formula is C13H19N3O2. The largest absolute Gasteiger partial charge is 0.391 e. The summed E-state index contributed by atoms with van der Waals surface area (Å²) in [6.45, 7) is 0. The lowest BCUT2D eigenvalue weighted by molar-refractivity contribution is 0.1000. The molecule has 98 valence electrons. The minimum Gasteiger partial charge on any atom is -0.391 e. The van der Waals surface area contributed by atoms with Crippen LogP contribution in [0.2, 0.25) is 0 Å². The highest BCUT2D eigenvalue weighted by molar-refractivity contribution is 5.92. The van der Waals surface area contributed by atoms with Gasteiger partial charge in [-0.3, -0.25) is 4.79 Å². The first-order valence-corrected chi connectivity index (χ1v) is 6.37. The molecule has 0 spiro atoms. The average Bonchev–Trinajstić information content (AvgIpc) is 2.56. The minimum absolute atomic E-state index is 0.0411. The van der Waals surface area contributed by atoms with Gasteiger partial charge in [0.05, 0.1) is 17.7 Å². The highest BCUT2D eigenvalue weighted by atomic mass is 16.3. The molecule has 0 saturated heterocycles. The zero-order chi connectivity index (χ0) is 13.0. The fourth-order valence-electron chi connectivity index (χ4n) is 2.27. The van der Waals surface area contributed by atoms with Crippen molar-refractivity contribution in [3.63, 3.8) is 0 Å². The number of primary amides is 1. The van der Waals surface area contributed by atoms with Crippen LogP contribution in [-0.2, 0) is 0 Å². The molecule has 1 aliphatic carbocycles. The lowest BCUT2D eigenvalue weighted by Crippen LogP contribution is -2.32. The maximum atomic E-state index is 10.9. The number of aliphatic hydroxyl groups is 1. The summed E-state index contributed by atoms with van der Waals surface area (Å²) in [5.41, 5.74) is 5.54. The molecule has 1 aromatic rings. The normalized spacial score (nSPS) is 24.3. The second-order valence-corrected chi connectivity index (χ2v) is 4.75. The number of nitrogens with zero attached hydrogens (tertiary/aromatic N) is 1. The second kappa shape index (κ2) is 5.82. The van der Waals surface area contributed by atoms with E-state index < -0.39 is 5.91 Å². The van der Waals surface area contributed by atoms with E-state index in [9.17, 15) is 9.90 Å². The molecule has 1 aliphatic rings. The predicted octanol–water partition coefficient (Wildman–Crippen LogP) is 1.29. The zero-order valence-corrected chi connectivity index (χ0v) is 10.3. The molecule has 2 unspecified atom stereocenters. The van der Waals surface area contributed by atoms with Gasteiger partial charge >= 0.3 is 0 Å². The molecular weight excluding hydrogens is 230 g/mol. The number of rotatable bonds is 3. The van der Waals surface area contributed by atoms with Crippen molar-refractivity contribution in [1.82, 2.24) is 4.98 Å². The van der Waals surface area contributed by atoms with Crippen molar-refractivity contribution in [2.24, 2.45) is 5.73 Å². The summed E-state index contributed by atoms with van der Waals surface area (Å²) in [5.74, 6) is 0.189. The number of nitrogens with two attached hydrogens (primary N) is 1. The van der Waals surface area contributed by atoms with Crippen LogP contribution in [0, 0.1) is 0 Å². The first-order chi connectivity index (χ1) is 8.66. The van der Waals surface area contributed by atoms with Crippen LogP contribution >= 0.6 is 0 Å². The van der Waals surface area contributed by atoms with Gasteiger partial charge in [0.2, 0.25) is 5.91 Å². The maximum absolute atomic E-state index is 10.9. The molecule has 1 fully saturated rings. The number of anilines is 1. The second-order valence-electron chi connectivity index (χ2n) is 4.75. The van der Waals surface area contributed by atoms with Gasteiger partial charge < -0.3 is 16.2 Å². The summed E-state index contributed by atoms with van der Waals surface area (Å²) >= 11 is 0. The molecule has 4 N–H and O–H groups in total. The van der Waals surface area contributed by atoms with Gasteiger partial charge in [-0.05, 0) is 25.0 Å². The quantitative estimate of drug-likeness (QED) is 0.704. The predicted molar refractivity (Wildman–Crippen MR) is 69.3 cm³/mol. The lowest BCUT2D eigenvalue weighted by Gasteiger charge is -2.22. The first-order valence-electron chi connectivity index (χ1n) is 6.37. The summed E-state index contributed by atoms with van der Waals surface area (Å²) in [7, 11) is 0. The highest BCUT2D eigenvalue weighted by Crippen LogP contribution is 2.21. The number of carbonyl (C=O) groups excluding carboxylic acids is 1. The number of aromatic nitrogens is 1. The van der Waals surface area contributed by atoms with Crippen LogP contribution in [0.4, 0.5) is 5.82 Å². The van der Waals surface area contributed by atoms with Crippen molar-refractivity contribution in [3.05, 3.63) is 23.9 Å². The molecule has 2 atom stereocenters. The number of amides is 1. The van der Waals surface area contributed by atoms with Crippen molar-refractivity contribution >= 4 is 11.7 Å². The van der Waals surface area contributed by atoms with E-state index in [1.54, 1.807) is 12.1 Å². The van der Waals surface area contributed by atoms with E-state index in [0.29, 0.717) is 11.4 Å². The minimum atomic E-state index is -0.483. The Balaban J connectivity index is 2.01. The van der Waals surface area contributed by atoms with Gasteiger partial charge in [0.25, 0.3) is 0 Å². The SMILES string of the molecule is NC(=O)c1ccc(NC2CCCCCC2O)nc1. The molecule has 0 bridgehead atoms. The monoisotopic (exact) mass is 249 g/mol. The molecule has 1 amide bonds. The molecule has 1 heterocycles. The number of nitrogens with one attached hydrogen (secondary N) is 1. The summed E-state index contributed by atoms with van der Waals surface area (Å²) in [6.07, 6.45) is 6.26. The van der Waals surface area contributed by atoms with Gasteiger partial charge in [-0.15, -0.1) is 0 Å². The van der Waals surface area contributed by atoms with E-state index >= 15 is 0 Å². The smallest absolute Gasteiger partial charge is 0.250 e. The van der Waals surface area contributed by atoms with E-state index in [1.165, 1.54) is 12.6 Å². The number of hydrogen-bond donors (Lipinski definition) is 3. The molecule has 0 radical (unpaired) electrons. The number of pyridine rings is 1. The third-order valence-corrected chi connectivity index (χ3v) is 3.36. The third-order valence-electron chi connectivity index (χ3n) is 3.36. The van der Waals surface area contributed by atoms with Crippen LogP contribution < -0.4 is 11.1 Å². The van der Waals surface area contributed by atoms with Crippen LogP contribution in [0.15, 0.2) is 18.3 Å². The van der Waals surface area contributed by atoms with Crippen molar-refractivity contribution < 1.29 is 9.90 Å². The van der Waals surface area contributed by atoms with Gasteiger partial charge in [-0.25, -0.2) is 4.98 Å². The van der Waals surface area contributed by atoms with E-state index in [-0.39, 0.29) is 12.1 Å². The Morgan fingerprint density at radius 3 is 2.78 bits per heavy atom. The van der Waals surface area contributed by atoms with Crippen LogP contribution in [-0.4, -0.2) is 28.1 Å². The summed E-state index contributed by atoms with van der Waals surface area (Å²) in [5, 5.41) is 13.2. The summed E-state index contributed by atoms with van der Waals surface area (Å²) in [4.78, 5) is 15.1. The summed E-state index contributed by atoms with van der Waals surface area (Å²) in [6, 6.07) is 3.40. The molecule has 5 heteroatoms. The van der Waals surface area contributed by atoms with E-state index in [2.05, 4.69) is 10.3 Å². The van der Waals surface area contributed by atoms with E-state index in [0.717, 1.165) is 25.7 Å². The molecule has 18 heavy (non-hydrogen) atoms. The Morgan fingerprint density at radius 1 is 1.33 bits per heavy atom. The number of aliphatic hydroxyl groups excluding tert-OH is 1. The fourth-order valence-corrected chi connectivity index (χ4v) is 2.27. The molecule has 1 saturated carbocycles. The zero-order valence-electron chi connectivity index (χ0n) is 10.3. The topological polar surface area (TPSA) is 88.2 Å². The molecule has 0 aromatic carbocycles. The Hall–Kier alpha value is -1.62. The van der Waals surface area contributed by atoms with Crippen LogP contribution in [0.5, 0.6) is 0 Å². The molecule has 2 rings (SSSR count). The number of hydrogen-bond acceptors (Lipinski definition) is 4. The van der Waals surface area contributed by atoms with Crippen LogP contribution in [0.3, 0.4) is 0 Å². The van der Waals surface area contributed by atoms with E-state index in [4.69, 9.17) is 5.73 Å². The van der Waals surface area contributed by atoms with Gasteiger partial charge in [0.15, 0.2) is 0 Å². The van der Waals surface area contributed by atoms with Crippen molar-refractivity contribution in [1.29, 1.82) is 0 Å². The van der Waals surface area contributed by atoms with Gasteiger partial charge in [-0.2, -0.15) is 0 Å². The van der Waals surface area contributed by atoms with Crippen molar-refractivity contribution in [2.45, 2.75) is 44.2 Å². The molecule has 0 aliphatic heterocycles. The van der Waals surface area contributed by atoms with Crippen LogP contribution in [0.25, 0.3) is 0 Å². The fraction of sp³-hybridized carbons (Fsp3) is 0.538. The van der Waals surface area contributed by atoms with Crippen molar-refractivity contribution in [2.75, 3.05) is 5.32 Å². The first kappa shape index (κ1) is 12.8. The Bertz CT molecular complexity index is 405. The Labute approximate surface area is 106 Å². The molecule has 5 nitrogen and oxygen atoms in total. The lowest BCUT2D eigenvalue weighted by atomic mass is 10.1.